The van der Waals surface area contributed by atoms with Crippen LogP contribution in [0.3, 0.4) is 0 Å². The highest BCUT2D eigenvalue weighted by atomic mass is 35.5. The number of hydrogen-bond acceptors (Lipinski definition) is 2. The van der Waals surface area contributed by atoms with Crippen LogP contribution in [-0.2, 0) is 13.0 Å². The van der Waals surface area contributed by atoms with Crippen LogP contribution in [0.15, 0.2) is 91.3 Å². The zero-order valence-corrected chi connectivity index (χ0v) is 18.5. The molecule has 0 saturated carbocycles. The van der Waals surface area contributed by atoms with Gasteiger partial charge in [-0.1, -0.05) is 72.3 Å². The van der Waals surface area contributed by atoms with Gasteiger partial charge < -0.3 is 5.11 Å². The Morgan fingerprint density at radius 2 is 1.75 bits per heavy atom. The number of fused-ring (bicyclic) bond motifs is 1. The first-order chi connectivity index (χ1) is 15.7. The fourth-order valence-electron chi connectivity index (χ4n) is 4.68. The third-order valence-electron chi connectivity index (χ3n) is 6.20. The molecule has 0 aliphatic heterocycles. The average Bonchev–Trinajstić information content (AvgIpc) is 3.27. The summed E-state index contributed by atoms with van der Waals surface area (Å²) < 4.78 is 1.99. The van der Waals surface area contributed by atoms with Gasteiger partial charge in [-0.3, -0.25) is 4.68 Å². The molecule has 0 bridgehead atoms. The number of allylic oxidation sites excluding steroid dienone is 2. The Balaban J connectivity index is 1.45. The quantitative estimate of drug-likeness (QED) is 0.368. The van der Waals surface area contributed by atoms with Crippen LogP contribution in [0.5, 0.6) is 5.75 Å². The second-order valence-corrected chi connectivity index (χ2v) is 8.72. The maximum Gasteiger partial charge on any atom is 0.119 e. The molecule has 160 valence electrons. The Hall–Kier alpha value is -3.30. The lowest BCUT2D eigenvalue weighted by Crippen LogP contribution is -2.04. The lowest BCUT2D eigenvalue weighted by Gasteiger charge is -2.20. The molecule has 1 atom stereocenters. The highest BCUT2D eigenvalue weighted by molar-refractivity contribution is 6.30. The first-order valence-electron chi connectivity index (χ1n) is 11.0. The molecule has 1 unspecified atom stereocenters. The molecule has 1 aliphatic carbocycles. The van der Waals surface area contributed by atoms with E-state index in [4.69, 9.17) is 11.6 Å². The Kier molecular flexibility index (Phi) is 5.83. The summed E-state index contributed by atoms with van der Waals surface area (Å²) in [4.78, 5) is 0. The van der Waals surface area contributed by atoms with Crippen molar-refractivity contribution in [2.75, 3.05) is 0 Å². The molecule has 4 heteroatoms. The van der Waals surface area contributed by atoms with Gasteiger partial charge in [0.05, 0.1) is 12.7 Å². The van der Waals surface area contributed by atoms with Crippen LogP contribution in [0, 0.1) is 0 Å². The van der Waals surface area contributed by atoms with Crippen LogP contribution >= 0.6 is 11.6 Å². The van der Waals surface area contributed by atoms with Crippen LogP contribution in [0.2, 0.25) is 5.02 Å². The Labute approximate surface area is 193 Å². The van der Waals surface area contributed by atoms with Gasteiger partial charge in [0, 0.05) is 28.3 Å². The molecule has 32 heavy (non-hydrogen) atoms. The van der Waals surface area contributed by atoms with Gasteiger partial charge in [0.15, 0.2) is 0 Å². The van der Waals surface area contributed by atoms with E-state index in [9.17, 15) is 5.11 Å². The Morgan fingerprint density at radius 3 is 2.59 bits per heavy atom. The van der Waals surface area contributed by atoms with E-state index < -0.39 is 0 Å². The van der Waals surface area contributed by atoms with Crippen LogP contribution in [0.1, 0.15) is 46.6 Å². The first-order valence-corrected chi connectivity index (χ1v) is 11.4. The summed E-state index contributed by atoms with van der Waals surface area (Å²) in [5.74, 6) is 0.477. The zero-order valence-electron chi connectivity index (χ0n) is 17.8. The second kappa shape index (κ2) is 9.05. The fraction of sp³-hybridized carbons (Fsp3) is 0.179. The smallest absolute Gasteiger partial charge is 0.119 e. The summed E-state index contributed by atoms with van der Waals surface area (Å²) in [5.41, 5.74) is 7.02. The van der Waals surface area contributed by atoms with E-state index in [-0.39, 0.29) is 5.92 Å². The normalized spacial score (nSPS) is 15.5. The van der Waals surface area contributed by atoms with E-state index in [0.29, 0.717) is 12.3 Å². The number of halogens is 1. The van der Waals surface area contributed by atoms with Gasteiger partial charge in [-0.15, -0.1) is 0 Å². The molecule has 0 spiro atoms. The van der Waals surface area contributed by atoms with Crippen LogP contribution in [-0.4, -0.2) is 14.9 Å². The Morgan fingerprint density at radius 1 is 0.938 bits per heavy atom. The zero-order chi connectivity index (χ0) is 21.9. The molecule has 1 aromatic heterocycles. The highest BCUT2D eigenvalue weighted by Crippen LogP contribution is 2.36. The lowest BCUT2D eigenvalue weighted by atomic mass is 9.86. The van der Waals surface area contributed by atoms with Crippen molar-refractivity contribution in [3.63, 3.8) is 0 Å². The van der Waals surface area contributed by atoms with Crippen molar-refractivity contribution in [1.82, 2.24) is 9.78 Å². The minimum absolute atomic E-state index is 0.0728. The predicted molar refractivity (Wildman–Crippen MR) is 130 cm³/mol. The molecular formula is C28H25ClN2O. The number of aromatic hydroxyl groups is 1. The van der Waals surface area contributed by atoms with Crippen molar-refractivity contribution in [2.45, 2.75) is 31.7 Å². The third-order valence-corrected chi connectivity index (χ3v) is 6.43. The van der Waals surface area contributed by atoms with Crippen LogP contribution in [0.4, 0.5) is 0 Å². The number of benzene rings is 3. The van der Waals surface area contributed by atoms with E-state index in [1.807, 2.05) is 41.2 Å². The standard InChI is InChI=1S/C28H25ClN2O/c29-24-11-4-10-22(17-24)28(21-7-2-1-3-8-21)23-18-30-31(19-23)16-15-20-9-5-13-26-25(20)12-6-14-27(26)32/h1-4,6-8,10-12,14-15,17-19,28,32H,5,9,13,16H2. The topological polar surface area (TPSA) is 38.0 Å². The van der Waals surface area contributed by atoms with Crippen molar-refractivity contribution in [2.24, 2.45) is 0 Å². The molecule has 1 heterocycles. The van der Waals surface area contributed by atoms with E-state index in [0.717, 1.165) is 41.0 Å². The van der Waals surface area contributed by atoms with Crippen molar-refractivity contribution < 1.29 is 5.11 Å². The van der Waals surface area contributed by atoms with E-state index in [1.54, 1.807) is 6.07 Å². The largest absolute Gasteiger partial charge is 0.508 e. The minimum atomic E-state index is 0.0728. The average molecular weight is 441 g/mol. The van der Waals surface area contributed by atoms with E-state index >= 15 is 0 Å². The van der Waals surface area contributed by atoms with Gasteiger partial charge in [0.2, 0.25) is 0 Å². The number of nitrogens with zero attached hydrogens (tertiary/aromatic N) is 2. The molecule has 5 rings (SSSR count). The number of phenolic OH excluding ortho intramolecular Hbond substituents is 1. The molecule has 4 aromatic rings. The summed E-state index contributed by atoms with van der Waals surface area (Å²) in [6.45, 7) is 0.696. The van der Waals surface area contributed by atoms with Gasteiger partial charge >= 0.3 is 0 Å². The molecule has 0 saturated heterocycles. The van der Waals surface area contributed by atoms with Crippen molar-refractivity contribution in [3.8, 4) is 5.75 Å². The summed E-state index contributed by atoms with van der Waals surface area (Å²) in [6.07, 6.45) is 9.35. The first kappa shape index (κ1) is 20.6. The maximum absolute atomic E-state index is 10.2. The van der Waals surface area contributed by atoms with Crippen LogP contribution < -0.4 is 0 Å². The molecule has 1 N–H and O–H groups in total. The predicted octanol–water partition coefficient (Wildman–Crippen LogP) is 6.84. The lowest BCUT2D eigenvalue weighted by molar-refractivity contribution is 0.466. The van der Waals surface area contributed by atoms with E-state index in [1.165, 1.54) is 16.7 Å². The number of aromatic nitrogens is 2. The number of phenols is 1. The van der Waals surface area contributed by atoms with Gasteiger partial charge in [0.1, 0.15) is 5.75 Å². The summed E-state index contributed by atoms with van der Waals surface area (Å²) in [6, 6.07) is 24.3. The van der Waals surface area contributed by atoms with Crippen molar-refractivity contribution in [3.05, 3.63) is 124 Å². The monoisotopic (exact) mass is 440 g/mol. The number of rotatable bonds is 5. The number of hydrogen-bond donors (Lipinski definition) is 1. The van der Waals surface area contributed by atoms with Gasteiger partial charge in [0.25, 0.3) is 0 Å². The minimum Gasteiger partial charge on any atom is -0.508 e. The molecule has 0 amide bonds. The SMILES string of the molecule is Oc1cccc2c1CCCC2=CCn1cc(C(c2ccccc2)c2cccc(Cl)c2)cn1. The molecule has 1 aliphatic rings. The fourth-order valence-corrected chi connectivity index (χ4v) is 4.88. The maximum atomic E-state index is 10.2. The van der Waals surface area contributed by atoms with Crippen molar-refractivity contribution >= 4 is 17.2 Å². The molecule has 0 fully saturated rings. The van der Waals surface area contributed by atoms with Gasteiger partial charge in [-0.2, -0.15) is 5.10 Å². The molecule has 3 nitrogen and oxygen atoms in total. The molecular weight excluding hydrogens is 416 g/mol. The summed E-state index contributed by atoms with van der Waals surface area (Å²) in [5, 5.41) is 15.6. The highest BCUT2D eigenvalue weighted by Gasteiger charge is 2.19. The van der Waals surface area contributed by atoms with Gasteiger partial charge in [-0.05, 0) is 59.7 Å². The second-order valence-electron chi connectivity index (χ2n) is 8.28. The summed E-state index contributed by atoms with van der Waals surface area (Å²) in [7, 11) is 0. The summed E-state index contributed by atoms with van der Waals surface area (Å²) >= 11 is 6.31. The van der Waals surface area contributed by atoms with E-state index in [2.05, 4.69) is 53.8 Å². The molecule has 3 aromatic carbocycles. The molecule has 0 radical (unpaired) electrons. The van der Waals surface area contributed by atoms with Crippen LogP contribution in [0.25, 0.3) is 5.57 Å². The van der Waals surface area contributed by atoms with Crippen molar-refractivity contribution in [1.29, 1.82) is 0 Å². The Bertz CT molecular complexity index is 1260. The third kappa shape index (κ3) is 4.21. The van der Waals surface area contributed by atoms with Gasteiger partial charge in [-0.25, -0.2) is 0 Å².